The first-order chi connectivity index (χ1) is 8.04. The summed E-state index contributed by atoms with van der Waals surface area (Å²) < 4.78 is 13.2. The van der Waals surface area contributed by atoms with Gasteiger partial charge in [0.05, 0.1) is 14.3 Å². The summed E-state index contributed by atoms with van der Waals surface area (Å²) in [4.78, 5) is 15.7. The highest BCUT2D eigenvalue weighted by molar-refractivity contribution is 6.79. The fourth-order valence-electron chi connectivity index (χ4n) is 1.60. The fraction of sp³-hybridized carbons (Fsp3) is 0.571. The molecule has 1 aromatic heterocycles. The minimum absolute atomic E-state index is 0.115. The molecule has 18 heavy (non-hydrogen) atoms. The quantitative estimate of drug-likeness (QED) is 0.611. The van der Waals surface area contributed by atoms with Crippen LogP contribution in [0, 0.1) is 5.82 Å². The lowest BCUT2D eigenvalue weighted by atomic mass is 10.1. The third-order valence-electron chi connectivity index (χ3n) is 3.96. The summed E-state index contributed by atoms with van der Waals surface area (Å²) in [5, 5.41) is 0.219. The van der Waals surface area contributed by atoms with Crippen molar-refractivity contribution in [2.75, 3.05) is 0 Å². The van der Waals surface area contributed by atoms with Crippen LogP contribution in [-0.4, -0.2) is 18.8 Å². The van der Waals surface area contributed by atoms with E-state index < -0.39 is 13.9 Å². The molecule has 0 radical (unpaired) electrons. The molecule has 1 rings (SSSR count). The number of rotatable bonds is 3. The van der Waals surface area contributed by atoms with Crippen LogP contribution < -0.4 is 0 Å². The first-order valence-corrected chi connectivity index (χ1v) is 9.41. The molecule has 1 aromatic rings. The minimum atomic E-state index is -1.58. The van der Waals surface area contributed by atoms with Crippen molar-refractivity contribution < 1.29 is 9.18 Å². The van der Waals surface area contributed by atoms with Crippen LogP contribution in [0.25, 0.3) is 0 Å². The van der Waals surface area contributed by atoms with Gasteiger partial charge in [-0.25, -0.2) is 4.39 Å². The number of ketones is 1. The second kappa shape index (κ2) is 4.92. The number of nitrogens with zero attached hydrogens (tertiary/aromatic N) is 1. The summed E-state index contributed by atoms with van der Waals surface area (Å²) in [6, 6.07) is 2.10. The molecule has 4 heteroatoms. The van der Waals surface area contributed by atoms with Gasteiger partial charge in [-0.1, -0.05) is 33.9 Å². The summed E-state index contributed by atoms with van der Waals surface area (Å²) in [6.07, 6.45) is 1.20. The van der Waals surface area contributed by atoms with Crippen molar-refractivity contribution >= 4 is 13.9 Å². The monoisotopic (exact) mass is 267 g/mol. The predicted octanol–water partition coefficient (Wildman–Crippen LogP) is 4.01. The van der Waals surface area contributed by atoms with Gasteiger partial charge in [0.1, 0.15) is 5.82 Å². The zero-order valence-electron chi connectivity index (χ0n) is 12.1. The van der Waals surface area contributed by atoms with Crippen molar-refractivity contribution in [2.45, 2.75) is 51.9 Å². The zero-order valence-corrected chi connectivity index (χ0v) is 13.1. The van der Waals surface area contributed by atoms with Crippen LogP contribution in [-0.2, 0) is 6.04 Å². The zero-order chi connectivity index (χ0) is 14.1. The van der Waals surface area contributed by atoms with E-state index in [4.69, 9.17) is 0 Å². The molecular formula is C14H22FNOSi. The molecule has 0 bridgehead atoms. The Morgan fingerprint density at radius 1 is 1.39 bits per heavy atom. The fourth-order valence-corrected chi connectivity index (χ4v) is 3.25. The molecule has 0 unspecified atom stereocenters. The topological polar surface area (TPSA) is 30.0 Å². The first-order valence-electron chi connectivity index (χ1n) is 6.20. The molecule has 0 aliphatic rings. The average Bonchev–Trinajstić information content (AvgIpc) is 2.18. The highest BCUT2D eigenvalue weighted by Gasteiger charge is 2.36. The standard InChI is InChI=1S/C14H22FNOSi/c1-10(17)12-7-11(15)8-16-13(12)9-18(5,6)14(2,3)4/h7-8H,9H2,1-6H3. The lowest BCUT2D eigenvalue weighted by Gasteiger charge is -2.37. The minimum Gasteiger partial charge on any atom is -0.294 e. The maximum Gasteiger partial charge on any atom is 0.161 e. The van der Waals surface area contributed by atoms with Crippen molar-refractivity contribution in [3.63, 3.8) is 0 Å². The Balaban J connectivity index is 3.16. The maximum atomic E-state index is 13.2. The average molecular weight is 267 g/mol. The Morgan fingerprint density at radius 3 is 2.39 bits per heavy atom. The molecule has 1 heterocycles. The van der Waals surface area contributed by atoms with Crippen molar-refractivity contribution in [3.8, 4) is 0 Å². The number of pyridine rings is 1. The number of Topliss-reactive ketones (excluding diaryl/α,β-unsaturated/α-hetero) is 1. The summed E-state index contributed by atoms with van der Waals surface area (Å²) in [5.74, 6) is -0.560. The molecule has 0 aliphatic carbocycles. The third kappa shape index (κ3) is 3.25. The van der Waals surface area contributed by atoms with Crippen molar-refractivity contribution in [2.24, 2.45) is 0 Å². The molecule has 0 spiro atoms. The van der Waals surface area contributed by atoms with Crippen LogP contribution in [0.15, 0.2) is 12.3 Å². The van der Waals surface area contributed by atoms with E-state index in [-0.39, 0.29) is 10.8 Å². The molecule has 0 saturated carbocycles. The lowest BCUT2D eigenvalue weighted by Crippen LogP contribution is -2.40. The van der Waals surface area contributed by atoms with Gasteiger partial charge in [-0.05, 0) is 24.1 Å². The largest absolute Gasteiger partial charge is 0.294 e. The number of hydrogen-bond acceptors (Lipinski definition) is 2. The van der Waals surface area contributed by atoms with Gasteiger partial charge in [-0.3, -0.25) is 9.78 Å². The number of hydrogen-bond donors (Lipinski definition) is 0. The van der Waals surface area contributed by atoms with Crippen LogP contribution in [0.3, 0.4) is 0 Å². The number of carbonyl (C=O) groups is 1. The van der Waals surface area contributed by atoms with E-state index in [1.165, 1.54) is 19.2 Å². The van der Waals surface area contributed by atoms with Crippen molar-refractivity contribution in [3.05, 3.63) is 29.3 Å². The van der Waals surface area contributed by atoms with E-state index in [2.05, 4.69) is 38.8 Å². The maximum absolute atomic E-state index is 13.2. The lowest BCUT2D eigenvalue weighted by molar-refractivity contribution is 0.101. The Morgan fingerprint density at radius 2 is 1.94 bits per heavy atom. The molecule has 100 valence electrons. The Kier molecular flexibility index (Phi) is 4.11. The molecule has 0 saturated heterocycles. The second-order valence-corrected chi connectivity index (χ2v) is 12.1. The molecule has 2 nitrogen and oxygen atoms in total. The SMILES string of the molecule is CC(=O)c1cc(F)cnc1C[Si](C)(C)C(C)(C)C. The Hall–Kier alpha value is -1.03. The summed E-state index contributed by atoms with van der Waals surface area (Å²) in [7, 11) is -1.58. The highest BCUT2D eigenvalue weighted by atomic mass is 28.3. The molecule has 0 atom stereocenters. The summed E-state index contributed by atoms with van der Waals surface area (Å²) >= 11 is 0. The number of aromatic nitrogens is 1. The van der Waals surface area contributed by atoms with Gasteiger partial charge in [0, 0.05) is 11.3 Å². The van der Waals surface area contributed by atoms with E-state index in [1.807, 2.05) is 0 Å². The molecule has 0 amide bonds. The second-order valence-electron chi connectivity index (χ2n) is 6.51. The van der Waals surface area contributed by atoms with Gasteiger partial charge >= 0.3 is 0 Å². The first kappa shape index (κ1) is 15.0. The van der Waals surface area contributed by atoms with Crippen LogP contribution in [0.1, 0.15) is 43.7 Å². The number of halogens is 1. The van der Waals surface area contributed by atoms with Crippen molar-refractivity contribution in [1.29, 1.82) is 0 Å². The van der Waals surface area contributed by atoms with E-state index in [0.717, 1.165) is 11.7 Å². The van der Waals surface area contributed by atoms with E-state index in [0.29, 0.717) is 5.56 Å². The van der Waals surface area contributed by atoms with Gasteiger partial charge in [-0.2, -0.15) is 0 Å². The van der Waals surface area contributed by atoms with Crippen LogP contribution in [0.2, 0.25) is 18.1 Å². The predicted molar refractivity (Wildman–Crippen MR) is 75.1 cm³/mol. The highest BCUT2D eigenvalue weighted by Crippen LogP contribution is 2.38. The van der Waals surface area contributed by atoms with Gasteiger partial charge in [0.2, 0.25) is 0 Å². The Bertz CT molecular complexity index is 463. The van der Waals surface area contributed by atoms with Gasteiger partial charge in [0.25, 0.3) is 0 Å². The normalized spacial score (nSPS) is 12.6. The summed E-state index contributed by atoms with van der Waals surface area (Å²) in [5.41, 5.74) is 1.18. The van der Waals surface area contributed by atoms with Gasteiger partial charge < -0.3 is 0 Å². The Labute approximate surface area is 110 Å². The molecule has 0 aliphatic heterocycles. The van der Waals surface area contributed by atoms with E-state index >= 15 is 0 Å². The van der Waals surface area contributed by atoms with E-state index in [1.54, 1.807) is 0 Å². The third-order valence-corrected chi connectivity index (χ3v) is 9.24. The molecule has 0 N–H and O–H groups in total. The molecule has 0 aromatic carbocycles. The van der Waals surface area contributed by atoms with Gasteiger partial charge in [0.15, 0.2) is 5.78 Å². The number of carbonyl (C=O) groups excluding carboxylic acids is 1. The van der Waals surface area contributed by atoms with Crippen LogP contribution >= 0.6 is 0 Å². The molecular weight excluding hydrogens is 245 g/mol. The molecule has 0 fully saturated rings. The van der Waals surface area contributed by atoms with Gasteiger partial charge in [-0.15, -0.1) is 0 Å². The van der Waals surface area contributed by atoms with Crippen LogP contribution in [0.4, 0.5) is 4.39 Å². The van der Waals surface area contributed by atoms with Crippen molar-refractivity contribution in [1.82, 2.24) is 4.98 Å². The smallest absolute Gasteiger partial charge is 0.161 e. The summed E-state index contributed by atoms with van der Waals surface area (Å²) in [6.45, 7) is 12.7. The van der Waals surface area contributed by atoms with Crippen LogP contribution in [0.5, 0.6) is 0 Å². The van der Waals surface area contributed by atoms with E-state index in [9.17, 15) is 9.18 Å².